The van der Waals surface area contributed by atoms with Crippen molar-refractivity contribution in [3.8, 4) is 5.75 Å². The maximum Gasteiger partial charge on any atom is 0.276 e. The monoisotopic (exact) mass is 413 g/mol. The Morgan fingerprint density at radius 2 is 2.11 bits per heavy atom. The van der Waals surface area contributed by atoms with Gasteiger partial charge in [-0.15, -0.1) is 0 Å². The Morgan fingerprint density at radius 3 is 2.75 bits per heavy atom. The van der Waals surface area contributed by atoms with E-state index in [-0.39, 0.29) is 34.6 Å². The van der Waals surface area contributed by atoms with Crippen LogP contribution in [0.5, 0.6) is 5.75 Å². The average Bonchev–Trinajstić information content (AvgIpc) is 2.92. The molecule has 152 valence electrons. The van der Waals surface area contributed by atoms with E-state index in [1.165, 1.54) is 23.9 Å². The molecule has 1 aromatic carbocycles. The standard InChI is InChI=1S/C18H21F2N3O4S/c1-4-10(2)14-9-27-17-15(28(25,26)22-14)8-23(3)16(17)18(24)21-11-5-6-12(19)13(20)7-11/h5-8,10,14,22H,4,9H2,1-3H3,(H,21,24)/t10-,14+/m0/s1. The number of fused-ring (bicyclic) bond motifs is 1. The van der Waals surface area contributed by atoms with Gasteiger partial charge in [-0.2, -0.15) is 0 Å². The van der Waals surface area contributed by atoms with Crippen molar-refractivity contribution in [3.05, 3.63) is 41.7 Å². The molecule has 0 radical (unpaired) electrons. The largest absolute Gasteiger partial charge is 0.488 e. The highest BCUT2D eigenvalue weighted by molar-refractivity contribution is 7.89. The molecule has 1 amide bonds. The zero-order valence-electron chi connectivity index (χ0n) is 15.6. The zero-order valence-corrected chi connectivity index (χ0v) is 16.4. The topological polar surface area (TPSA) is 89.4 Å². The van der Waals surface area contributed by atoms with Gasteiger partial charge in [-0.1, -0.05) is 20.3 Å². The summed E-state index contributed by atoms with van der Waals surface area (Å²) in [5.41, 5.74) is 0.000783. The van der Waals surface area contributed by atoms with Crippen LogP contribution in [-0.4, -0.2) is 31.5 Å². The van der Waals surface area contributed by atoms with Gasteiger partial charge in [0.15, 0.2) is 23.1 Å². The molecule has 1 aromatic heterocycles. The summed E-state index contributed by atoms with van der Waals surface area (Å²) in [6.07, 6.45) is 2.04. The number of amides is 1. The van der Waals surface area contributed by atoms with Crippen LogP contribution in [0.3, 0.4) is 0 Å². The Bertz CT molecular complexity index is 1020. The molecule has 0 bridgehead atoms. The van der Waals surface area contributed by atoms with Gasteiger partial charge in [-0.3, -0.25) is 4.79 Å². The van der Waals surface area contributed by atoms with E-state index in [0.717, 1.165) is 18.6 Å². The second-order valence-corrected chi connectivity index (χ2v) is 8.47. The average molecular weight is 413 g/mol. The molecular formula is C18H21F2N3O4S. The molecule has 1 aliphatic heterocycles. The fourth-order valence-electron chi connectivity index (χ4n) is 2.97. The zero-order chi connectivity index (χ0) is 20.6. The van der Waals surface area contributed by atoms with E-state index < -0.39 is 33.6 Å². The minimum Gasteiger partial charge on any atom is -0.488 e. The third-order valence-electron chi connectivity index (χ3n) is 4.83. The van der Waals surface area contributed by atoms with Gasteiger partial charge in [0, 0.05) is 25.0 Å². The van der Waals surface area contributed by atoms with Crippen LogP contribution in [0.2, 0.25) is 0 Å². The van der Waals surface area contributed by atoms with Gasteiger partial charge in [0.1, 0.15) is 11.5 Å². The van der Waals surface area contributed by atoms with E-state index >= 15 is 0 Å². The fourth-order valence-corrected chi connectivity index (χ4v) is 4.49. The van der Waals surface area contributed by atoms with Crippen LogP contribution < -0.4 is 14.8 Å². The first kappa shape index (κ1) is 20.3. The van der Waals surface area contributed by atoms with Crippen molar-refractivity contribution in [1.29, 1.82) is 0 Å². The summed E-state index contributed by atoms with van der Waals surface area (Å²) in [5, 5.41) is 2.43. The predicted octanol–water partition coefficient (Wildman–Crippen LogP) is 2.64. The maximum atomic E-state index is 13.4. The predicted molar refractivity (Wildman–Crippen MR) is 98.8 cm³/mol. The molecule has 0 saturated carbocycles. The molecular weight excluding hydrogens is 392 g/mol. The van der Waals surface area contributed by atoms with E-state index in [2.05, 4.69) is 10.0 Å². The van der Waals surface area contributed by atoms with Gasteiger partial charge < -0.3 is 14.6 Å². The number of carbonyl (C=O) groups is 1. The Kier molecular flexibility index (Phi) is 5.44. The molecule has 3 rings (SSSR count). The summed E-state index contributed by atoms with van der Waals surface area (Å²) in [6.45, 7) is 3.91. The SMILES string of the molecule is CC[C@H](C)[C@H]1COc2c(cn(C)c2C(=O)Nc2ccc(F)c(F)c2)S(=O)(=O)N1. The highest BCUT2D eigenvalue weighted by Crippen LogP contribution is 2.33. The van der Waals surface area contributed by atoms with Crippen LogP contribution in [0.15, 0.2) is 29.3 Å². The molecule has 28 heavy (non-hydrogen) atoms. The van der Waals surface area contributed by atoms with Crippen molar-refractivity contribution in [2.24, 2.45) is 13.0 Å². The lowest BCUT2D eigenvalue weighted by Gasteiger charge is -2.21. The molecule has 7 nitrogen and oxygen atoms in total. The number of carbonyl (C=O) groups excluding carboxylic acids is 1. The highest BCUT2D eigenvalue weighted by Gasteiger charge is 2.35. The van der Waals surface area contributed by atoms with Gasteiger partial charge >= 0.3 is 0 Å². The van der Waals surface area contributed by atoms with Crippen LogP contribution in [0.1, 0.15) is 30.8 Å². The summed E-state index contributed by atoms with van der Waals surface area (Å²) in [6, 6.07) is 2.50. The van der Waals surface area contributed by atoms with Crippen LogP contribution in [0.25, 0.3) is 0 Å². The molecule has 2 heterocycles. The lowest BCUT2D eigenvalue weighted by atomic mass is 10.0. The first-order valence-corrected chi connectivity index (χ1v) is 10.2. The number of aromatic nitrogens is 1. The lowest BCUT2D eigenvalue weighted by Crippen LogP contribution is -2.41. The Morgan fingerprint density at radius 1 is 1.39 bits per heavy atom. The van der Waals surface area contributed by atoms with Gasteiger partial charge in [-0.05, 0) is 18.1 Å². The molecule has 0 unspecified atom stereocenters. The smallest absolute Gasteiger partial charge is 0.276 e. The van der Waals surface area contributed by atoms with E-state index in [9.17, 15) is 22.0 Å². The van der Waals surface area contributed by atoms with Crippen molar-refractivity contribution >= 4 is 21.6 Å². The molecule has 2 atom stereocenters. The van der Waals surface area contributed by atoms with Crippen LogP contribution in [0.4, 0.5) is 14.5 Å². The minimum absolute atomic E-state index is 0.0325. The van der Waals surface area contributed by atoms with Crippen LogP contribution >= 0.6 is 0 Å². The Balaban J connectivity index is 1.96. The van der Waals surface area contributed by atoms with E-state index in [1.807, 2.05) is 13.8 Å². The third-order valence-corrected chi connectivity index (χ3v) is 6.31. The number of hydrogen-bond donors (Lipinski definition) is 2. The number of aryl methyl sites for hydroxylation is 1. The number of hydrogen-bond acceptors (Lipinski definition) is 4. The number of anilines is 1. The number of rotatable bonds is 4. The molecule has 1 aliphatic rings. The van der Waals surface area contributed by atoms with Crippen molar-refractivity contribution in [2.45, 2.75) is 31.2 Å². The first-order valence-electron chi connectivity index (χ1n) is 8.75. The number of nitrogens with zero attached hydrogens (tertiary/aromatic N) is 1. The molecule has 0 spiro atoms. The van der Waals surface area contributed by atoms with E-state index in [0.29, 0.717) is 0 Å². The molecule has 0 aliphatic carbocycles. The third kappa shape index (κ3) is 3.74. The van der Waals surface area contributed by atoms with Gasteiger partial charge in [0.2, 0.25) is 10.0 Å². The van der Waals surface area contributed by atoms with Gasteiger partial charge in [-0.25, -0.2) is 21.9 Å². The molecule has 0 fully saturated rings. The second kappa shape index (κ2) is 7.51. The highest BCUT2D eigenvalue weighted by atomic mass is 32.2. The van der Waals surface area contributed by atoms with Gasteiger partial charge in [0.25, 0.3) is 5.91 Å². The van der Waals surface area contributed by atoms with Crippen molar-refractivity contribution in [1.82, 2.24) is 9.29 Å². The summed E-state index contributed by atoms with van der Waals surface area (Å²) in [5.74, 6) is -2.88. The number of sulfonamides is 1. The first-order chi connectivity index (χ1) is 13.1. The van der Waals surface area contributed by atoms with Gasteiger partial charge in [0.05, 0.1) is 6.04 Å². The number of nitrogens with one attached hydrogen (secondary N) is 2. The van der Waals surface area contributed by atoms with E-state index in [1.54, 1.807) is 0 Å². The fraction of sp³-hybridized carbons (Fsp3) is 0.389. The molecule has 10 heteroatoms. The summed E-state index contributed by atoms with van der Waals surface area (Å²) >= 11 is 0. The number of halogens is 2. The Hall–Kier alpha value is -2.46. The summed E-state index contributed by atoms with van der Waals surface area (Å²) in [7, 11) is -2.39. The molecule has 2 aromatic rings. The van der Waals surface area contributed by atoms with Crippen molar-refractivity contribution in [2.75, 3.05) is 11.9 Å². The maximum absolute atomic E-state index is 13.4. The van der Waals surface area contributed by atoms with Crippen LogP contribution in [-0.2, 0) is 17.1 Å². The molecule has 0 saturated heterocycles. The second-order valence-electron chi connectivity index (χ2n) is 6.79. The number of ether oxygens (including phenoxy) is 1. The number of benzene rings is 1. The lowest BCUT2D eigenvalue weighted by molar-refractivity contribution is 0.101. The quantitative estimate of drug-likeness (QED) is 0.807. The minimum atomic E-state index is -3.89. The normalized spacial score (nSPS) is 19.2. The van der Waals surface area contributed by atoms with Crippen molar-refractivity contribution < 1.29 is 26.7 Å². The van der Waals surface area contributed by atoms with Crippen LogP contribution in [0, 0.1) is 17.6 Å². The summed E-state index contributed by atoms with van der Waals surface area (Å²) in [4.78, 5) is 12.6. The molecule has 2 N–H and O–H groups in total. The summed E-state index contributed by atoms with van der Waals surface area (Å²) < 4.78 is 61.6. The van der Waals surface area contributed by atoms with Crippen molar-refractivity contribution in [3.63, 3.8) is 0 Å². The van der Waals surface area contributed by atoms with E-state index in [4.69, 9.17) is 4.74 Å². The Labute approximate surface area is 161 Å².